The second kappa shape index (κ2) is 12.4. The van der Waals surface area contributed by atoms with Gasteiger partial charge in [0, 0.05) is 17.8 Å². The second-order valence-electron chi connectivity index (χ2n) is 8.65. The lowest BCUT2D eigenvalue weighted by Gasteiger charge is -2.26. The Labute approximate surface area is 242 Å². The maximum absolute atomic E-state index is 13.2. The summed E-state index contributed by atoms with van der Waals surface area (Å²) in [6.07, 6.45) is 1.25. The fourth-order valence-corrected chi connectivity index (χ4v) is 4.49. The maximum atomic E-state index is 13.2. The van der Waals surface area contributed by atoms with Crippen molar-refractivity contribution in [2.45, 2.75) is 13.8 Å². The third-order valence-electron chi connectivity index (χ3n) is 5.81. The van der Waals surface area contributed by atoms with E-state index in [2.05, 4.69) is 26.6 Å². The molecule has 3 aromatic rings. The normalized spacial score (nSPS) is 14.1. The Bertz CT molecular complexity index is 1600. The third-order valence-corrected chi connectivity index (χ3v) is 6.40. The number of ether oxygens (including phenoxy) is 2. The first-order valence-corrected chi connectivity index (χ1v) is 13.0. The molecule has 0 spiro atoms. The van der Waals surface area contributed by atoms with Crippen LogP contribution in [0.2, 0.25) is 0 Å². The zero-order chi connectivity index (χ0) is 29.7. The van der Waals surface area contributed by atoms with Crippen LogP contribution in [0.15, 0.2) is 70.7 Å². The Morgan fingerprint density at radius 2 is 1.85 bits per heavy atom. The van der Waals surface area contributed by atoms with Gasteiger partial charge in [-0.3, -0.25) is 29.8 Å². The number of carbonyl (C=O) groups excluding carboxylic acids is 4. The molecule has 0 radical (unpaired) electrons. The van der Waals surface area contributed by atoms with Gasteiger partial charge in [-0.25, -0.2) is 9.69 Å². The first-order valence-electron chi connectivity index (χ1n) is 12.2. The van der Waals surface area contributed by atoms with Crippen molar-refractivity contribution < 1.29 is 33.6 Å². The molecule has 3 aromatic carbocycles. The van der Waals surface area contributed by atoms with Gasteiger partial charge in [0.25, 0.3) is 23.4 Å². The number of amides is 5. The fraction of sp³-hybridized carbons (Fsp3) is 0.143. The van der Waals surface area contributed by atoms with Crippen molar-refractivity contribution in [3.05, 3.63) is 92.0 Å². The number of barbiturate groups is 1. The van der Waals surface area contributed by atoms with Crippen LogP contribution in [0, 0.1) is 17.0 Å². The van der Waals surface area contributed by atoms with Gasteiger partial charge in [0.05, 0.1) is 21.7 Å². The summed E-state index contributed by atoms with van der Waals surface area (Å²) in [6.45, 7) is 3.53. The van der Waals surface area contributed by atoms with Crippen LogP contribution < -0.4 is 25.0 Å². The van der Waals surface area contributed by atoms with E-state index in [0.717, 1.165) is 11.6 Å². The molecule has 41 heavy (non-hydrogen) atoms. The van der Waals surface area contributed by atoms with Crippen LogP contribution in [0.5, 0.6) is 11.5 Å². The number of nitro groups is 1. The Kier molecular flexibility index (Phi) is 8.78. The van der Waals surface area contributed by atoms with Crippen molar-refractivity contribution in [3.63, 3.8) is 0 Å². The number of non-ortho nitro benzene ring substituents is 1. The lowest BCUT2D eigenvalue weighted by Crippen LogP contribution is -2.54. The topological polar surface area (TPSA) is 157 Å². The molecule has 1 saturated heterocycles. The number of aryl methyl sites for hydroxylation is 1. The summed E-state index contributed by atoms with van der Waals surface area (Å²) < 4.78 is 11.8. The number of anilines is 2. The largest absolute Gasteiger partial charge is 0.490 e. The molecule has 1 aliphatic heterocycles. The maximum Gasteiger partial charge on any atom is 0.335 e. The molecule has 210 valence electrons. The van der Waals surface area contributed by atoms with Gasteiger partial charge < -0.3 is 14.8 Å². The molecule has 2 N–H and O–H groups in total. The lowest BCUT2D eigenvalue weighted by atomic mass is 10.1. The Hall–Kier alpha value is -5.04. The summed E-state index contributed by atoms with van der Waals surface area (Å²) in [5, 5.41) is 16.0. The number of hydrogen-bond donors (Lipinski definition) is 2. The average Bonchev–Trinajstić information content (AvgIpc) is 2.92. The van der Waals surface area contributed by atoms with Crippen LogP contribution in [0.25, 0.3) is 6.08 Å². The van der Waals surface area contributed by atoms with Gasteiger partial charge in [0.1, 0.15) is 5.57 Å². The lowest BCUT2D eigenvalue weighted by molar-refractivity contribution is -0.384. The molecule has 0 saturated carbocycles. The van der Waals surface area contributed by atoms with Gasteiger partial charge >= 0.3 is 6.03 Å². The number of imide groups is 2. The Morgan fingerprint density at radius 1 is 1.10 bits per heavy atom. The van der Waals surface area contributed by atoms with E-state index < -0.39 is 34.2 Å². The number of para-hydroxylation sites is 1. The minimum Gasteiger partial charge on any atom is -0.490 e. The van der Waals surface area contributed by atoms with E-state index in [-0.39, 0.29) is 36.1 Å². The van der Waals surface area contributed by atoms with Gasteiger partial charge in [-0.15, -0.1) is 0 Å². The molecule has 4 rings (SSSR count). The molecule has 0 aliphatic carbocycles. The zero-order valence-corrected chi connectivity index (χ0v) is 23.4. The first-order chi connectivity index (χ1) is 19.6. The van der Waals surface area contributed by atoms with E-state index in [1.54, 1.807) is 25.1 Å². The van der Waals surface area contributed by atoms with E-state index in [9.17, 15) is 29.3 Å². The van der Waals surface area contributed by atoms with Crippen molar-refractivity contribution in [2.24, 2.45) is 0 Å². The minimum absolute atomic E-state index is 0.0796. The number of nitro benzene ring substituents is 1. The number of carbonyl (C=O) groups is 4. The molecule has 13 heteroatoms. The first kappa shape index (κ1) is 29.0. The van der Waals surface area contributed by atoms with E-state index in [0.29, 0.717) is 20.6 Å². The molecule has 0 atom stereocenters. The van der Waals surface area contributed by atoms with Crippen molar-refractivity contribution in [2.75, 3.05) is 23.4 Å². The molecule has 0 aromatic heterocycles. The standard InChI is InChI=1S/C28H23BrN4O8/c1-3-40-23-13-17(12-21(29)25(23)41-15-24(34)30-22-10-5-4-7-16(22)2)11-20-26(35)31-28(37)32(27(20)36)18-8-6-9-19(14-18)33(38)39/h4-14H,3,15H2,1-2H3,(H,30,34)(H,31,35,37)/b20-11-. The van der Waals surface area contributed by atoms with Gasteiger partial charge in [-0.05, 0) is 71.2 Å². The fourth-order valence-electron chi connectivity index (χ4n) is 3.92. The molecule has 1 fully saturated rings. The summed E-state index contributed by atoms with van der Waals surface area (Å²) in [4.78, 5) is 62.0. The van der Waals surface area contributed by atoms with Crippen molar-refractivity contribution in [1.82, 2.24) is 5.32 Å². The highest BCUT2D eigenvalue weighted by Crippen LogP contribution is 2.38. The number of nitrogens with one attached hydrogen (secondary N) is 2. The third kappa shape index (κ3) is 6.58. The van der Waals surface area contributed by atoms with Crippen molar-refractivity contribution in [1.29, 1.82) is 0 Å². The molecule has 1 heterocycles. The zero-order valence-electron chi connectivity index (χ0n) is 21.8. The average molecular weight is 623 g/mol. The predicted molar refractivity (Wildman–Crippen MR) is 153 cm³/mol. The van der Waals surface area contributed by atoms with E-state index >= 15 is 0 Å². The highest BCUT2D eigenvalue weighted by molar-refractivity contribution is 9.10. The molecule has 0 unspecified atom stereocenters. The van der Waals surface area contributed by atoms with Gasteiger partial charge in [-0.1, -0.05) is 24.3 Å². The number of rotatable bonds is 9. The quantitative estimate of drug-likeness (QED) is 0.150. The van der Waals surface area contributed by atoms with E-state index in [4.69, 9.17) is 9.47 Å². The van der Waals surface area contributed by atoms with Gasteiger partial charge in [-0.2, -0.15) is 0 Å². The Balaban J connectivity index is 1.60. The number of nitrogens with zero attached hydrogens (tertiary/aromatic N) is 2. The van der Waals surface area contributed by atoms with Crippen molar-refractivity contribution >= 4 is 62.8 Å². The van der Waals surface area contributed by atoms with Crippen LogP contribution in [-0.4, -0.2) is 41.9 Å². The van der Waals surface area contributed by atoms with Gasteiger partial charge in [0.2, 0.25) is 0 Å². The highest BCUT2D eigenvalue weighted by Gasteiger charge is 2.37. The molecular formula is C28H23BrN4O8. The number of benzene rings is 3. The molecule has 0 bridgehead atoms. The molecule has 12 nitrogen and oxygen atoms in total. The summed E-state index contributed by atoms with van der Waals surface area (Å²) in [7, 11) is 0. The number of halogens is 1. The summed E-state index contributed by atoms with van der Waals surface area (Å²) in [6, 6.07) is 14.2. The van der Waals surface area contributed by atoms with E-state index in [1.165, 1.54) is 30.3 Å². The number of hydrogen-bond acceptors (Lipinski definition) is 8. The van der Waals surface area contributed by atoms with E-state index in [1.807, 2.05) is 19.1 Å². The highest BCUT2D eigenvalue weighted by atomic mass is 79.9. The van der Waals surface area contributed by atoms with Crippen LogP contribution in [0.4, 0.5) is 21.9 Å². The van der Waals surface area contributed by atoms with Crippen molar-refractivity contribution in [3.8, 4) is 11.5 Å². The predicted octanol–water partition coefficient (Wildman–Crippen LogP) is 4.75. The molecule has 5 amide bonds. The van der Waals surface area contributed by atoms with Crippen LogP contribution >= 0.6 is 15.9 Å². The Morgan fingerprint density at radius 3 is 2.56 bits per heavy atom. The van der Waals surface area contributed by atoms with Crippen LogP contribution in [0.1, 0.15) is 18.1 Å². The summed E-state index contributed by atoms with van der Waals surface area (Å²) >= 11 is 3.39. The smallest absolute Gasteiger partial charge is 0.335 e. The number of urea groups is 1. The van der Waals surface area contributed by atoms with Crippen LogP contribution in [-0.2, 0) is 14.4 Å². The minimum atomic E-state index is -1.04. The van der Waals surface area contributed by atoms with Gasteiger partial charge in [0.15, 0.2) is 18.1 Å². The van der Waals surface area contributed by atoms with Crippen LogP contribution in [0.3, 0.4) is 0 Å². The molecular weight excluding hydrogens is 600 g/mol. The SMILES string of the molecule is CCOc1cc(/C=C2/C(=O)NC(=O)N(c3cccc([N+](=O)[O-])c3)C2=O)cc(Br)c1OCC(=O)Nc1ccccc1C. The second-order valence-corrected chi connectivity index (χ2v) is 9.50. The summed E-state index contributed by atoms with van der Waals surface area (Å²) in [5.41, 5.74) is 1.07. The monoisotopic (exact) mass is 622 g/mol. The molecule has 1 aliphatic rings. The summed E-state index contributed by atoms with van der Waals surface area (Å²) in [5.74, 6) is -1.85.